The zero-order valence-corrected chi connectivity index (χ0v) is 66.1. The molecular formula is C114H72N8. The molecule has 0 fully saturated rings. The quantitative estimate of drug-likeness (QED) is 0.113. The van der Waals surface area contributed by atoms with E-state index in [9.17, 15) is 0 Å². The number of hydrogen-bond acceptors (Lipinski definition) is 6. The molecule has 8 nitrogen and oxygen atoms in total. The summed E-state index contributed by atoms with van der Waals surface area (Å²) in [4.78, 5) is 29.0. The first kappa shape index (κ1) is 70.9. The molecule has 6 aromatic heterocycles. The van der Waals surface area contributed by atoms with E-state index in [0.29, 0.717) is 0 Å². The first-order chi connectivity index (χ1) is 60.6. The Morgan fingerprint density at radius 2 is 0.443 bits per heavy atom. The van der Waals surface area contributed by atoms with Gasteiger partial charge in [0.05, 0.1) is 33.5 Å². The van der Waals surface area contributed by atoms with Crippen molar-refractivity contribution in [1.82, 2.24) is 39.0 Å². The molecule has 122 heavy (non-hydrogen) atoms. The number of para-hydroxylation sites is 6. The normalized spacial score (nSPS) is 11.6. The van der Waals surface area contributed by atoms with Crippen molar-refractivity contribution in [2.75, 3.05) is 0 Å². The summed E-state index contributed by atoms with van der Waals surface area (Å²) in [6.07, 6.45) is 11.3. The number of rotatable bonds is 12. The van der Waals surface area contributed by atoms with Gasteiger partial charge in [-0.25, -0.2) is 9.97 Å². The van der Waals surface area contributed by atoms with E-state index in [2.05, 4.69) is 407 Å². The summed E-state index contributed by atoms with van der Waals surface area (Å²) in [5.74, 6) is 1.84. The lowest BCUT2D eigenvalue weighted by Gasteiger charge is -2.21. The highest BCUT2D eigenvalue weighted by molar-refractivity contribution is 6.27. The number of hydrogen-bond donors (Lipinski definition) is 0. The fourth-order valence-corrected chi connectivity index (χ4v) is 19.1. The molecule has 24 rings (SSSR count). The third-order valence-electron chi connectivity index (χ3n) is 24.3. The van der Waals surface area contributed by atoms with Crippen LogP contribution in [0.1, 0.15) is 0 Å². The van der Waals surface area contributed by atoms with Gasteiger partial charge in [0.1, 0.15) is 11.6 Å². The van der Waals surface area contributed by atoms with Crippen LogP contribution in [0.15, 0.2) is 438 Å². The standard InChI is InChI=1S/2C57H36N4/c1-2-16-40(17-3-1)61-52-27-11-10-24-49(52)60-57(61)38-30-28-37(29-31-38)53-41-18-4-6-20-43(41)54(44-21-7-5-19-42(44)53)39-32-33-47-48(36-39)56(51-26-13-15-35-59-51)46-23-9-8-22-45(46)55(47)50-25-12-14-34-58-50;1-2-15-42(16-3-1)61-52-24-11-10-23-51(52)60-57(61)41-14-12-13-39(35-41)55-45-19-6-8-21-47(45)56(48-22-9-7-20-46(48)55)40-25-26-49-50(36-40)54(38-29-33-59-34-30-38)44-18-5-4-17-43(44)53(49)37-27-31-58-32-28-37/h2*1-36H. The van der Waals surface area contributed by atoms with Crippen LogP contribution >= 0.6 is 0 Å². The maximum Gasteiger partial charge on any atom is 0.145 e. The van der Waals surface area contributed by atoms with Crippen molar-refractivity contribution >= 4 is 108 Å². The number of aromatic nitrogens is 8. The van der Waals surface area contributed by atoms with E-state index in [0.717, 1.165) is 128 Å². The molecule has 24 aromatic rings. The number of fused-ring (bicyclic) bond motifs is 10. The number of imidazole rings is 2. The third-order valence-corrected chi connectivity index (χ3v) is 24.3. The maximum absolute atomic E-state index is 5.23. The van der Waals surface area contributed by atoms with Crippen LogP contribution in [0.3, 0.4) is 0 Å². The molecule has 0 amide bonds. The summed E-state index contributed by atoms with van der Waals surface area (Å²) >= 11 is 0. The summed E-state index contributed by atoms with van der Waals surface area (Å²) in [7, 11) is 0. The molecule has 6 heterocycles. The van der Waals surface area contributed by atoms with E-state index in [1.165, 1.54) is 104 Å². The van der Waals surface area contributed by atoms with Gasteiger partial charge in [-0.2, -0.15) is 0 Å². The van der Waals surface area contributed by atoms with E-state index in [1.54, 1.807) is 0 Å². The molecule has 0 unspecified atom stereocenters. The molecule has 18 aromatic carbocycles. The predicted molar refractivity (Wildman–Crippen MR) is 508 cm³/mol. The molecule has 0 aliphatic rings. The van der Waals surface area contributed by atoms with E-state index in [1.807, 2.05) is 49.3 Å². The average Bonchev–Trinajstić information content (AvgIpc) is 0.953. The minimum absolute atomic E-state index is 0.916. The van der Waals surface area contributed by atoms with Gasteiger partial charge >= 0.3 is 0 Å². The van der Waals surface area contributed by atoms with Gasteiger partial charge in [0.25, 0.3) is 0 Å². The molecule has 0 atom stereocenters. The van der Waals surface area contributed by atoms with Crippen molar-refractivity contribution in [3.05, 3.63) is 438 Å². The molecule has 0 N–H and O–H groups in total. The Bertz CT molecular complexity index is 8100. The molecule has 0 bridgehead atoms. The highest BCUT2D eigenvalue weighted by atomic mass is 15.1. The van der Waals surface area contributed by atoms with Gasteiger partial charge in [0.15, 0.2) is 0 Å². The highest BCUT2D eigenvalue weighted by Gasteiger charge is 2.26. The second-order valence-corrected chi connectivity index (χ2v) is 31.0. The van der Waals surface area contributed by atoms with Crippen LogP contribution in [-0.4, -0.2) is 39.0 Å². The van der Waals surface area contributed by atoms with Crippen molar-refractivity contribution in [1.29, 1.82) is 0 Å². The Hall–Kier alpha value is -16.4. The molecule has 0 spiro atoms. The smallest absolute Gasteiger partial charge is 0.145 e. The largest absolute Gasteiger partial charge is 0.292 e. The minimum Gasteiger partial charge on any atom is -0.292 e. The summed E-state index contributed by atoms with van der Waals surface area (Å²) in [6.45, 7) is 0. The van der Waals surface area contributed by atoms with Crippen LogP contribution in [0.25, 0.3) is 232 Å². The Balaban J connectivity index is 0.000000142. The number of nitrogens with zero attached hydrogens (tertiary/aromatic N) is 8. The highest BCUT2D eigenvalue weighted by Crippen LogP contribution is 2.52. The van der Waals surface area contributed by atoms with Crippen molar-refractivity contribution in [2.24, 2.45) is 0 Å². The van der Waals surface area contributed by atoms with Crippen LogP contribution in [0.4, 0.5) is 0 Å². The third kappa shape index (κ3) is 12.0. The van der Waals surface area contributed by atoms with Crippen LogP contribution < -0.4 is 0 Å². The minimum atomic E-state index is 0.916. The van der Waals surface area contributed by atoms with E-state index < -0.39 is 0 Å². The van der Waals surface area contributed by atoms with Crippen molar-refractivity contribution in [2.45, 2.75) is 0 Å². The zero-order chi connectivity index (χ0) is 80.6. The lowest BCUT2D eigenvalue weighted by atomic mass is 9.83. The first-order valence-corrected chi connectivity index (χ1v) is 41.4. The Morgan fingerprint density at radius 1 is 0.164 bits per heavy atom. The lowest BCUT2D eigenvalue weighted by Crippen LogP contribution is -1.97. The van der Waals surface area contributed by atoms with Gasteiger partial charge in [0.2, 0.25) is 0 Å². The predicted octanol–water partition coefficient (Wildman–Crippen LogP) is 29.5. The Morgan fingerprint density at radius 3 is 0.844 bits per heavy atom. The molecule has 8 heteroatoms. The molecular weight excluding hydrogens is 1480 g/mol. The molecule has 568 valence electrons. The maximum atomic E-state index is 5.23. The van der Waals surface area contributed by atoms with Crippen LogP contribution in [0.5, 0.6) is 0 Å². The van der Waals surface area contributed by atoms with Gasteiger partial charge in [-0.1, -0.05) is 285 Å². The van der Waals surface area contributed by atoms with Gasteiger partial charge in [-0.15, -0.1) is 0 Å². The van der Waals surface area contributed by atoms with Crippen molar-refractivity contribution in [3.8, 4) is 123 Å². The fraction of sp³-hybridized carbons (Fsp3) is 0. The van der Waals surface area contributed by atoms with Crippen molar-refractivity contribution in [3.63, 3.8) is 0 Å². The van der Waals surface area contributed by atoms with Gasteiger partial charge in [0, 0.05) is 70.8 Å². The average molecular weight is 1550 g/mol. The second-order valence-electron chi connectivity index (χ2n) is 31.0. The van der Waals surface area contributed by atoms with Crippen LogP contribution in [-0.2, 0) is 0 Å². The van der Waals surface area contributed by atoms with E-state index in [-0.39, 0.29) is 0 Å². The lowest BCUT2D eigenvalue weighted by molar-refractivity contribution is 1.10. The van der Waals surface area contributed by atoms with Crippen molar-refractivity contribution < 1.29 is 0 Å². The molecule has 0 radical (unpaired) electrons. The zero-order valence-electron chi connectivity index (χ0n) is 66.1. The summed E-state index contributed by atoms with van der Waals surface area (Å²) in [5.41, 5.74) is 26.7. The van der Waals surface area contributed by atoms with Gasteiger partial charge in [-0.3, -0.25) is 29.1 Å². The molecule has 0 saturated heterocycles. The topological polar surface area (TPSA) is 87.2 Å². The summed E-state index contributed by atoms with van der Waals surface area (Å²) in [5, 5.41) is 19.1. The summed E-state index contributed by atoms with van der Waals surface area (Å²) < 4.78 is 4.53. The van der Waals surface area contributed by atoms with Gasteiger partial charge in [-0.05, 0) is 268 Å². The van der Waals surface area contributed by atoms with E-state index >= 15 is 0 Å². The monoisotopic (exact) mass is 1550 g/mol. The Labute approximate surface area is 703 Å². The first-order valence-electron chi connectivity index (χ1n) is 41.4. The molecule has 0 aliphatic carbocycles. The molecule has 0 aliphatic heterocycles. The fourth-order valence-electron chi connectivity index (χ4n) is 19.1. The van der Waals surface area contributed by atoms with Crippen LogP contribution in [0.2, 0.25) is 0 Å². The number of pyridine rings is 4. The van der Waals surface area contributed by atoms with Crippen LogP contribution in [0, 0.1) is 0 Å². The second kappa shape index (κ2) is 29.9. The SMILES string of the molecule is c1ccc(-n2c(-c3ccc(-c4c5ccccc5c(-c5ccc6c(-c7ccccn7)c7ccccc7c(-c7ccccn7)c6c5)c5ccccc45)cc3)nc3ccccc32)cc1.c1ccc(-n2c(-c3cccc(-c4c5ccccc5c(-c5ccc6c(-c7ccncc7)c7ccccc7c(-c7ccncc7)c6c5)c5ccccc45)c3)nc3ccccc32)cc1. The molecule has 0 saturated carbocycles. The van der Waals surface area contributed by atoms with E-state index in [4.69, 9.17) is 19.9 Å². The number of benzene rings is 18. The van der Waals surface area contributed by atoms with Gasteiger partial charge < -0.3 is 0 Å². The summed E-state index contributed by atoms with van der Waals surface area (Å²) in [6, 6.07) is 144. The Kier molecular flexibility index (Phi) is 17.4.